The molecule has 1 heterocycles. The number of aromatic nitrogens is 2. The van der Waals surface area contributed by atoms with Crippen LogP contribution in [0, 0.1) is 12.3 Å². The number of terminal acetylenes is 1. The fourth-order valence-corrected chi connectivity index (χ4v) is 2.49. The number of nitrogens with two attached hydrogens (primary N) is 1. The third-order valence-corrected chi connectivity index (χ3v) is 3.86. The maximum Gasteiger partial charge on any atom is 0.144 e. The number of hydrogen-bond donors (Lipinski definition) is 2. The van der Waals surface area contributed by atoms with Gasteiger partial charge in [-0.3, -0.25) is 0 Å². The maximum absolute atomic E-state index is 6.11. The van der Waals surface area contributed by atoms with E-state index in [1.165, 1.54) is 6.33 Å². The molecule has 0 bridgehead atoms. The minimum absolute atomic E-state index is 0.508. The minimum atomic E-state index is 0.508. The molecule has 3 aromatic rings. The molecule has 126 valence electrons. The number of rotatable bonds is 6. The first-order chi connectivity index (χ1) is 12.2. The third kappa shape index (κ3) is 3.93. The van der Waals surface area contributed by atoms with Crippen LogP contribution in [0.1, 0.15) is 12.0 Å². The Kier molecular flexibility index (Phi) is 5.22. The molecule has 3 N–H and O–H groups in total. The maximum atomic E-state index is 6.11. The van der Waals surface area contributed by atoms with E-state index < -0.39 is 0 Å². The second-order valence-electron chi connectivity index (χ2n) is 5.37. The summed E-state index contributed by atoms with van der Waals surface area (Å²) in [5.74, 6) is 4.40. The van der Waals surface area contributed by atoms with Crippen LogP contribution < -0.4 is 15.8 Å². The molecule has 0 aliphatic rings. The number of halogens is 1. The van der Waals surface area contributed by atoms with Crippen molar-refractivity contribution in [2.24, 2.45) is 0 Å². The van der Waals surface area contributed by atoms with Gasteiger partial charge in [0.1, 0.15) is 17.9 Å². The summed E-state index contributed by atoms with van der Waals surface area (Å²) in [5, 5.41) is 4.06. The van der Waals surface area contributed by atoms with E-state index in [1.54, 1.807) is 6.07 Å². The molecule has 0 aliphatic heterocycles. The SMILES string of the molecule is C#Cc1cccc(Nc2ncnc3cc(OCCCCl)c(N)cc23)c1. The third-order valence-electron chi connectivity index (χ3n) is 3.59. The second-order valence-corrected chi connectivity index (χ2v) is 5.75. The number of nitrogens with zero attached hydrogens (tertiary/aromatic N) is 2. The molecule has 25 heavy (non-hydrogen) atoms. The van der Waals surface area contributed by atoms with Gasteiger partial charge in [0.2, 0.25) is 0 Å². The van der Waals surface area contributed by atoms with E-state index in [2.05, 4.69) is 21.2 Å². The van der Waals surface area contributed by atoms with E-state index in [9.17, 15) is 0 Å². The Hall–Kier alpha value is -2.97. The van der Waals surface area contributed by atoms with E-state index in [0.717, 1.165) is 28.6 Å². The van der Waals surface area contributed by atoms with Crippen LogP contribution in [-0.2, 0) is 0 Å². The van der Waals surface area contributed by atoms with Crippen molar-refractivity contribution in [2.45, 2.75) is 6.42 Å². The number of nitrogens with one attached hydrogen (secondary N) is 1. The van der Waals surface area contributed by atoms with Crippen molar-refractivity contribution < 1.29 is 4.74 Å². The second kappa shape index (κ2) is 7.73. The lowest BCUT2D eigenvalue weighted by Gasteiger charge is -2.12. The minimum Gasteiger partial charge on any atom is -0.491 e. The Balaban J connectivity index is 1.93. The molecule has 0 aliphatic carbocycles. The summed E-state index contributed by atoms with van der Waals surface area (Å²) in [4.78, 5) is 8.62. The van der Waals surface area contributed by atoms with Gasteiger partial charge in [-0.05, 0) is 30.7 Å². The number of anilines is 3. The van der Waals surface area contributed by atoms with E-state index in [1.807, 2.05) is 30.3 Å². The summed E-state index contributed by atoms with van der Waals surface area (Å²) in [6.07, 6.45) is 7.69. The van der Waals surface area contributed by atoms with Crippen LogP contribution in [0.4, 0.5) is 17.2 Å². The number of alkyl halides is 1. The zero-order valence-electron chi connectivity index (χ0n) is 13.5. The Morgan fingerprint density at radius 3 is 2.92 bits per heavy atom. The van der Waals surface area contributed by atoms with Crippen LogP contribution in [0.2, 0.25) is 0 Å². The van der Waals surface area contributed by atoms with Crippen molar-refractivity contribution in [3.63, 3.8) is 0 Å². The molecule has 0 spiro atoms. The highest BCUT2D eigenvalue weighted by molar-refractivity contribution is 6.17. The molecule has 5 nitrogen and oxygen atoms in total. The topological polar surface area (TPSA) is 73.1 Å². The van der Waals surface area contributed by atoms with E-state index >= 15 is 0 Å². The van der Waals surface area contributed by atoms with Gasteiger partial charge < -0.3 is 15.8 Å². The Bertz CT molecular complexity index is 936. The molecule has 2 aromatic carbocycles. The van der Waals surface area contributed by atoms with Crippen LogP contribution in [0.5, 0.6) is 5.75 Å². The predicted octanol–water partition coefficient (Wildman–Crippen LogP) is 3.94. The first kappa shape index (κ1) is 16.9. The number of fused-ring (bicyclic) bond motifs is 1. The van der Waals surface area contributed by atoms with E-state index in [-0.39, 0.29) is 0 Å². The molecule has 0 saturated heterocycles. The van der Waals surface area contributed by atoms with Crippen molar-refractivity contribution >= 4 is 39.7 Å². The molecular weight excluding hydrogens is 336 g/mol. The highest BCUT2D eigenvalue weighted by atomic mass is 35.5. The zero-order chi connectivity index (χ0) is 17.6. The summed E-state index contributed by atoms with van der Waals surface area (Å²) in [7, 11) is 0. The summed E-state index contributed by atoms with van der Waals surface area (Å²) >= 11 is 5.67. The molecule has 3 rings (SSSR count). The summed E-state index contributed by atoms with van der Waals surface area (Å²) < 4.78 is 5.66. The number of benzene rings is 2. The number of ether oxygens (including phenoxy) is 1. The van der Waals surface area contributed by atoms with Crippen LogP contribution in [0.3, 0.4) is 0 Å². The average Bonchev–Trinajstić information content (AvgIpc) is 2.63. The standard InChI is InChI=1S/C19H17ClN4O/c1-2-13-5-3-6-14(9-13)24-19-15-10-16(21)18(25-8-4-7-20)11-17(15)22-12-23-19/h1,3,5-6,9-12H,4,7-8,21H2,(H,22,23,24). The Labute approximate surface area is 151 Å². The summed E-state index contributed by atoms with van der Waals surface area (Å²) in [6, 6.07) is 11.2. The molecule has 0 radical (unpaired) electrons. The molecule has 0 atom stereocenters. The van der Waals surface area contributed by atoms with Crippen LogP contribution in [-0.4, -0.2) is 22.5 Å². The highest BCUT2D eigenvalue weighted by Crippen LogP contribution is 2.31. The fraction of sp³-hybridized carbons (Fsp3) is 0.158. The van der Waals surface area contributed by atoms with Gasteiger partial charge in [0.25, 0.3) is 0 Å². The van der Waals surface area contributed by atoms with Crippen LogP contribution >= 0.6 is 11.6 Å². The lowest BCUT2D eigenvalue weighted by Crippen LogP contribution is -2.02. The first-order valence-electron chi connectivity index (χ1n) is 7.78. The van der Waals surface area contributed by atoms with Crippen molar-refractivity contribution in [3.8, 4) is 18.1 Å². The summed E-state index contributed by atoms with van der Waals surface area (Å²) in [5.41, 5.74) is 9.00. The highest BCUT2D eigenvalue weighted by Gasteiger charge is 2.09. The molecule has 0 saturated carbocycles. The van der Waals surface area contributed by atoms with Crippen molar-refractivity contribution in [2.75, 3.05) is 23.5 Å². The monoisotopic (exact) mass is 352 g/mol. The van der Waals surface area contributed by atoms with Gasteiger partial charge in [-0.1, -0.05) is 12.0 Å². The average molecular weight is 353 g/mol. The molecule has 0 fully saturated rings. The normalized spacial score (nSPS) is 10.4. The molecular formula is C19H17ClN4O. The Morgan fingerprint density at radius 1 is 1.24 bits per heavy atom. The van der Waals surface area contributed by atoms with Gasteiger partial charge in [-0.25, -0.2) is 9.97 Å². The van der Waals surface area contributed by atoms with Crippen LogP contribution in [0.25, 0.3) is 10.9 Å². The lowest BCUT2D eigenvalue weighted by molar-refractivity contribution is 0.320. The van der Waals surface area contributed by atoms with Gasteiger partial charge in [-0.15, -0.1) is 18.0 Å². The van der Waals surface area contributed by atoms with Crippen molar-refractivity contribution in [1.29, 1.82) is 0 Å². The van der Waals surface area contributed by atoms with Gasteiger partial charge in [0.15, 0.2) is 0 Å². The van der Waals surface area contributed by atoms with Gasteiger partial charge in [0, 0.05) is 28.6 Å². The quantitative estimate of drug-likeness (QED) is 0.304. The molecule has 6 heteroatoms. The number of hydrogen-bond acceptors (Lipinski definition) is 5. The lowest BCUT2D eigenvalue weighted by atomic mass is 10.1. The van der Waals surface area contributed by atoms with Gasteiger partial charge in [-0.2, -0.15) is 0 Å². The van der Waals surface area contributed by atoms with Crippen molar-refractivity contribution in [3.05, 3.63) is 48.3 Å². The largest absolute Gasteiger partial charge is 0.491 e. The Morgan fingerprint density at radius 2 is 2.12 bits per heavy atom. The van der Waals surface area contributed by atoms with Gasteiger partial charge >= 0.3 is 0 Å². The van der Waals surface area contributed by atoms with Gasteiger partial charge in [0.05, 0.1) is 17.8 Å². The van der Waals surface area contributed by atoms with E-state index in [4.69, 9.17) is 28.5 Å². The smallest absolute Gasteiger partial charge is 0.144 e. The summed E-state index contributed by atoms with van der Waals surface area (Å²) in [6.45, 7) is 0.508. The molecule has 0 unspecified atom stereocenters. The molecule has 1 aromatic heterocycles. The molecule has 0 amide bonds. The first-order valence-corrected chi connectivity index (χ1v) is 8.31. The fourth-order valence-electron chi connectivity index (χ4n) is 2.39. The van der Waals surface area contributed by atoms with E-state index in [0.29, 0.717) is 29.7 Å². The zero-order valence-corrected chi connectivity index (χ0v) is 14.3. The van der Waals surface area contributed by atoms with Crippen LogP contribution in [0.15, 0.2) is 42.7 Å². The van der Waals surface area contributed by atoms with Crippen molar-refractivity contribution in [1.82, 2.24) is 9.97 Å². The predicted molar refractivity (Wildman–Crippen MR) is 102 cm³/mol. The number of nitrogen functional groups attached to an aromatic ring is 1.